The van der Waals surface area contributed by atoms with Crippen molar-refractivity contribution in [2.45, 2.75) is 36.0 Å². The lowest BCUT2D eigenvalue weighted by molar-refractivity contribution is -0.125. The van der Waals surface area contributed by atoms with E-state index >= 15 is 0 Å². The van der Waals surface area contributed by atoms with E-state index in [1.807, 2.05) is 0 Å². The number of hydrogen-bond acceptors (Lipinski definition) is 5. The molecular weight excluding hydrogens is 471 g/mol. The lowest BCUT2D eigenvalue weighted by Gasteiger charge is -2.37. The summed E-state index contributed by atoms with van der Waals surface area (Å²) in [5.41, 5.74) is 0.472. The number of aromatic amines is 1. The van der Waals surface area contributed by atoms with Crippen molar-refractivity contribution in [3.05, 3.63) is 81.0 Å². The number of H-pyrrole nitrogens is 1. The summed E-state index contributed by atoms with van der Waals surface area (Å²) < 4.78 is 48.4. The molecule has 2 N–H and O–H groups in total. The molecule has 2 aromatic carbocycles. The Bertz CT molecular complexity index is 1460. The minimum Gasteiger partial charge on any atom is -0.457 e. The maximum atomic E-state index is 14.3. The van der Waals surface area contributed by atoms with Crippen LogP contribution in [0.25, 0.3) is 0 Å². The van der Waals surface area contributed by atoms with Gasteiger partial charge in [-0.1, -0.05) is 18.0 Å². The standard InChI is InChI=1S/C23H18ClFN2O5S/c24-13-2-3-20(18(25)8-13)33(30,31)27-14-9-17-16(12-21(28)23(17)5-1-6-23)19(10-14)32-15-4-7-26-22(29)11-15/h2-4,7-11,27H,1,5-6,12H2,(H,26,29). The van der Waals surface area contributed by atoms with Crippen LogP contribution >= 0.6 is 11.6 Å². The number of fused-ring (bicyclic) bond motifs is 2. The number of ether oxygens (including phenoxy) is 1. The zero-order valence-electron chi connectivity index (χ0n) is 17.2. The average Bonchev–Trinajstić information content (AvgIpc) is 2.99. The van der Waals surface area contributed by atoms with Gasteiger partial charge in [0.1, 0.15) is 28.0 Å². The van der Waals surface area contributed by atoms with Crippen molar-refractivity contribution in [3.63, 3.8) is 0 Å². The molecule has 10 heteroatoms. The first-order valence-corrected chi connectivity index (χ1v) is 12.1. The summed E-state index contributed by atoms with van der Waals surface area (Å²) in [4.78, 5) is 26.5. The Hall–Kier alpha value is -3.17. The molecule has 0 unspecified atom stereocenters. The second-order valence-electron chi connectivity index (χ2n) is 8.21. The summed E-state index contributed by atoms with van der Waals surface area (Å²) >= 11 is 5.74. The van der Waals surface area contributed by atoms with Gasteiger partial charge in [0.25, 0.3) is 15.6 Å². The van der Waals surface area contributed by atoms with Crippen LogP contribution in [0, 0.1) is 5.82 Å². The van der Waals surface area contributed by atoms with Gasteiger partial charge in [-0.2, -0.15) is 0 Å². The number of hydrogen-bond donors (Lipinski definition) is 2. The Morgan fingerprint density at radius 1 is 1.09 bits per heavy atom. The van der Waals surface area contributed by atoms with Gasteiger partial charge in [0.2, 0.25) is 0 Å². The molecule has 2 aliphatic rings. The summed E-state index contributed by atoms with van der Waals surface area (Å²) in [6.45, 7) is 0. The molecule has 5 rings (SSSR count). The van der Waals surface area contributed by atoms with Crippen LogP contribution in [0.5, 0.6) is 11.5 Å². The number of nitrogens with one attached hydrogen (secondary N) is 2. The number of benzene rings is 2. The highest BCUT2D eigenvalue weighted by Gasteiger charge is 2.51. The van der Waals surface area contributed by atoms with Gasteiger partial charge < -0.3 is 9.72 Å². The van der Waals surface area contributed by atoms with E-state index in [4.69, 9.17) is 16.3 Å². The van der Waals surface area contributed by atoms with E-state index in [9.17, 15) is 22.4 Å². The Morgan fingerprint density at radius 2 is 1.88 bits per heavy atom. The van der Waals surface area contributed by atoms with Gasteiger partial charge in [0.15, 0.2) is 0 Å². The molecule has 0 amide bonds. The molecule has 0 saturated heterocycles. The molecule has 1 fully saturated rings. The number of carbonyl (C=O) groups excluding carboxylic acids is 1. The number of pyridine rings is 1. The van der Waals surface area contributed by atoms with E-state index in [0.717, 1.165) is 18.6 Å². The zero-order valence-corrected chi connectivity index (χ0v) is 18.7. The molecule has 0 aliphatic heterocycles. The van der Waals surface area contributed by atoms with Crippen molar-refractivity contribution >= 4 is 33.1 Å². The molecule has 1 aromatic heterocycles. The van der Waals surface area contributed by atoms with Crippen LogP contribution < -0.4 is 15.0 Å². The second-order valence-corrected chi connectivity index (χ2v) is 10.3. The number of anilines is 1. The van der Waals surface area contributed by atoms with Crippen LogP contribution in [0.3, 0.4) is 0 Å². The fourth-order valence-electron chi connectivity index (χ4n) is 4.48. The molecule has 0 bridgehead atoms. The summed E-state index contributed by atoms with van der Waals surface area (Å²) in [6, 6.07) is 9.14. The maximum absolute atomic E-state index is 14.3. The number of sulfonamides is 1. The van der Waals surface area contributed by atoms with Gasteiger partial charge in [0, 0.05) is 35.3 Å². The number of rotatable bonds is 5. The Labute approximate surface area is 193 Å². The van der Waals surface area contributed by atoms with E-state index in [-0.39, 0.29) is 40.0 Å². The molecule has 3 aromatic rings. The summed E-state index contributed by atoms with van der Waals surface area (Å²) in [6.07, 6.45) is 3.82. The van der Waals surface area contributed by atoms with Crippen molar-refractivity contribution in [2.75, 3.05) is 4.72 Å². The van der Waals surface area contributed by atoms with Gasteiger partial charge in [0.05, 0.1) is 11.1 Å². The minimum atomic E-state index is -4.29. The molecule has 1 heterocycles. The number of aromatic nitrogens is 1. The van der Waals surface area contributed by atoms with Gasteiger partial charge in [-0.3, -0.25) is 14.3 Å². The number of Topliss-reactive ketones (excluding diaryl/α,β-unsaturated/α-hetero) is 1. The van der Waals surface area contributed by atoms with Gasteiger partial charge in [-0.05, 0) is 48.7 Å². The highest BCUT2D eigenvalue weighted by Crippen LogP contribution is 2.53. The molecule has 170 valence electrons. The highest BCUT2D eigenvalue weighted by atomic mass is 35.5. The molecule has 1 spiro atoms. The third-order valence-electron chi connectivity index (χ3n) is 6.21. The first-order valence-electron chi connectivity index (χ1n) is 10.2. The predicted molar refractivity (Wildman–Crippen MR) is 120 cm³/mol. The third kappa shape index (κ3) is 3.71. The molecule has 0 atom stereocenters. The molecule has 33 heavy (non-hydrogen) atoms. The Morgan fingerprint density at radius 3 is 2.55 bits per heavy atom. The highest BCUT2D eigenvalue weighted by molar-refractivity contribution is 7.92. The van der Waals surface area contributed by atoms with E-state index < -0.39 is 26.2 Å². The molecule has 2 aliphatic carbocycles. The van der Waals surface area contributed by atoms with Gasteiger partial charge in [-0.25, -0.2) is 12.8 Å². The number of ketones is 1. The van der Waals surface area contributed by atoms with Crippen LogP contribution in [-0.2, 0) is 26.7 Å². The molecular formula is C23H18ClFN2O5S. The normalized spacial score (nSPS) is 16.4. The molecule has 1 saturated carbocycles. The van der Waals surface area contributed by atoms with Crippen molar-refractivity contribution in [2.24, 2.45) is 0 Å². The van der Waals surface area contributed by atoms with E-state index in [2.05, 4.69) is 9.71 Å². The fraction of sp³-hybridized carbons (Fsp3) is 0.217. The average molecular weight is 489 g/mol. The van der Waals surface area contributed by atoms with Crippen LogP contribution in [0.1, 0.15) is 30.4 Å². The molecule has 7 nitrogen and oxygen atoms in total. The molecule has 0 radical (unpaired) electrons. The monoisotopic (exact) mass is 488 g/mol. The van der Waals surface area contributed by atoms with Crippen molar-refractivity contribution in [1.82, 2.24) is 4.98 Å². The van der Waals surface area contributed by atoms with Crippen molar-refractivity contribution in [1.29, 1.82) is 0 Å². The number of carbonyl (C=O) groups is 1. The predicted octanol–water partition coefficient (Wildman–Crippen LogP) is 4.31. The Balaban J connectivity index is 1.60. The maximum Gasteiger partial charge on any atom is 0.264 e. The van der Waals surface area contributed by atoms with Gasteiger partial charge in [-0.15, -0.1) is 0 Å². The zero-order chi connectivity index (χ0) is 23.4. The van der Waals surface area contributed by atoms with Crippen LogP contribution in [-0.4, -0.2) is 19.2 Å². The second kappa shape index (κ2) is 7.71. The first-order chi connectivity index (χ1) is 15.7. The van der Waals surface area contributed by atoms with Gasteiger partial charge >= 0.3 is 0 Å². The SMILES string of the molecule is O=C1Cc2c(Oc3cc[nH]c(=O)c3)cc(NS(=O)(=O)c3ccc(Cl)cc3F)cc2C12CCC2. The number of halogens is 2. The summed E-state index contributed by atoms with van der Waals surface area (Å²) in [5, 5.41) is 0.0722. The van der Waals surface area contributed by atoms with Crippen molar-refractivity contribution < 1.29 is 22.3 Å². The smallest absolute Gasteiger partial charge is 0.264 e. The van der Waals surface area contributed by atoms with Crippen LogP contribution in [0.2, 0.25) is 5.02 Å². The Kier molecular flexibility index (Phi) is 5.06. The largest absolute Gasteiger partial charge is 0.457 e. The van der Waals surface area contributed by atoms with E-state index in [1.54, 1.807) is 12.1 Å². The fourth-order valence-corrected chi connectivity index (χ4v) is 5.74. The van der Waals surface area contributed by atoms with Crippen LogP contribution in [0.4, 0.5) is 10.1 Å². The lowest BCUT2D eigenvalue weighted by Crippen LogP contribution is -2.39. The van der Waals surface area contributed by atoms with Crippen molar-refractivity contribution in [3.8, 4) is 11.5 Å². The van der Waals surface area contributed by atoms with E-state index in [0.29, 0.717) is 24.0 Å². The first kappa shape index (κ1) is 21.7. The van der Waals surface area contributed by atoms with Crippen LogP contribution in [0.15, 0.2) is 58.4 Å². The quantitative estimate of drug-likeness (QED) is 0.557. The lowest BCUT2D eigenvalue weighted by atomic mass is 9.64. The summed E-state index contributed by atoms with van der Waals surface area (Å²) in [5.74, 6) is -0.415. The topological polar surface area (TPSA) is 105 Å². The summed E-state index contributed by atoms with van der Waals surface area (Å²) in [7, 11) is -4.29. The van der Waals surface area contributed by atoms with E-state index in [1.165, 1.54) is 24.4 Å². The minimum absolute atomic E-state index is 0.0586. The third-order valence-corrected chi connectivity index (χ3v) is 7.86.